The highest BCUT2D eigenvalue weighted by molar-refractivity contribution is 5.82. The van der Waals surface area contributed by atoms with Crippen LogP contribution in [0.15, 0.2) is 30.3 Å². The predicted molar refractivity (Wildman–Crippen MR) is 77.6 cm³/mol. The Balaban J connectivity index is 2.18. The van der Waals surface area contributed by atoms with Gasteiger partial charge < -0.3 is 14.4 Å². The van der Waals surface area contributed by atoms with Crippen molar-refractivity contribution in [3.63, 3.8) is 0 Å². The van der Waals surface area contributed by atoms with E-state index in [-0.39, 0.29) is 18.7 Å². The second-order valence-electron chi connectivity index (χ2n) is 5.21. The Bertz CT molecular complexity index is 557. The van der Waals surface area contributed by atoms with E-state index in [0.717, 1.165) is 5.56 Å². The molecule has 6 nitrogen and oxygen atoms in total. The lowest BCUT2D eigenvalue weighted by atomic mass is 10.1. The highest BCUT2D eigenvalue weighted by Crippen LogP contribution is 2.27. The maximum atomic E-state index is 12.2. The van der Waals surface area contributed by atoms with Crippen molar-refractivity contribution < 1.29 is 23.9 Å². The van der Waals surface area contributed by atoms with Crippen molar-refractivity contribution >= 4 is 17.8 Å². The summed E-state index contributed by atoms with van der Waals surface area (Å²) in [5.41, 5.74) is 0.953. The summed E-state index contributed by atoms with van der Waals surface area (Å²) in [5.74, 6) is -1.03. The number of benzene rings is 1. The minimum Gasteiger partial charge on any atom is -0.469 e. The monoisotopic (exact) mass is 305 g/mol. The van der Waals surface area contributed by atoms with Crippen LogP contribution in [0.25, 0.3) is 0 Å². The molecular formula is C16H19NO5. The number of carbonyl (C=O) groups excluding carboxylic acids is 3. The lowest BCUT2D eigenvalue weighted by Crippen LogP contribution is -2.39. The lowest BCUT2D eigenvalue weighted by Gasteiger charge is -2.27. The average molecular weight is 305 g/mol. The number of hydrogen-bond donors (Lipinski definition) is 0. The van der Waals surface area contributed by atoms with Crippen molar-refractivity contribution in [3.05, 3.63) is 35.9 Å². The molecule has 0 aliphatic carbocycles. The minimum atomic E-state index is -0.618. The first-order valence-corrected chi connectivity index (χ1v) is 7.08. The molecule has 2 atom stereocenters. The average Bonchev–Trinajstić information content (AvgIpc) is 2.76. The number of ether oxygens (including phenoxy) is 2. The van der Waals surface area contributed by atoms with Gasteiger partial charge in [-0.1, -0.05) is 30.3 Å². The summed E-state index contributed by atoms with van der Waals surface area (Å²) in [6, 6.07) is 8.97. The van der Waals surface area contributed by atoms with Crippen LogP contribution < -0.4 is 0 Å². The van der Waals surface area contributed by atoms with Crippen molar-refractivity contribution in [1.82, 2.24) is 4.90 Å². The van der Waals surface area contributed by atoms with Crippen LogP contribution in [0.5, 0.6) is 0 Å². The Morgan fingerprint density at radius 2 is 1.95 bits per heavy atom. The third-order valence-corrected chi connectivity index (χ3v) is 3.64. The topological polar surface area (TPSA) is 72.9 Å². The number of rotatable bonds is 5. The smallest absolute Gasteiger partial charge is 0.307 e. The first-order chi connectivity index (χ1) is 10.5. The maximum Gasteiger partial charge on any atom is 0.307 e. The van der Waals surface area contributed by atoms with Crippen molar-refractivity contribution in [2.24, 2.45) is 0 Å². The Morgan fingerprint density at radius 1 is 1.27 bits per heavy atom. The maximum absolute atomic E-state index is 12.2. The van der Waals surface area contributed by atoms with Crippen LogP contribution in [0.3, 0.4) is 0 Å². The summed E-state index contributed by atoms with van der Waals surface area (Å²) in [7, 11) is 1.29. The quantitative estimate of drug-likeness (QED) is 0.766. The number of esters is 2. The van der Waals surface area contributed by atoms with Crippen molar-refractivity contribution in [2.45, 2.75) is 38.5 Å². The first kappa shape index (κ1) is 16.0. The predicted octanol–water partition coefficient (Wildman–Crippen LogP) is 1.28. The van der Waals surface area contributed by atoms with E-state index in [1.165, 1.54) is 14.0 Å². The fraction of sp³-hybridized carbons (Fsp3) is 0.438. The van der Waals surface area contributed by atoms with Crippen LogP contribution >= 0.6 is 0 Å². The molecule has 1 amide bonds. The van der Waals surface area contributed by atoms with Crippen LogP contribution in [0, 0.1) is 0 Å². The SMILES string of the molecule is COC(=O)CC1[C@@H](OC(C)=O)CC(=O)N1Cc1ccccc1. The molecule has 0 aromatic heterocycles. The van der Waals surface area contributed by atoms with Gasteiger partial charge in [0.05, 0.1) is 26.0 Å². The van der Waals surface area contributed by atoms with Crippen molar-refractivity contribution in [1.29, 1.82) is 0 Å². The Morgan fingerprint density at radius 3 is 2.55 bits per heavy atom. The molecule has 1 unspecified atom stereocenters. The molecule has 1 saturated heterocycles. The van der Waals surface area contributed by atoms with Crippen LogP contribution in [0.4, 0.5) is 0 Å². The zero-order valence-corrected chi connectivity index (χ0v) is 12.7. The normalized spacial score (nSPS) is 20.8. The van der Waals surface area contributed by atoms with Crippen molar-refractivity contribution in [2.75, 3.05) is 7.11 Å². The summed E-state index contributed by atoms with van der Waals surface area (Å²) < 4.78 is 9.88. The largest absolute Gasteiger partial charge is 0.469 e. The first-order valence-electron chi connectivity index (χ1n) is 7.08. The molecule has 0 saturated carbocycles. The van der Waals surface area contributed by atoms with Gasteiger partial charge in [0, 0.05) is 13.5 Å². The highest BCUT2D eigenvalue weighted by Gasteiger charge is 2.42. The Labute approximate surface area is 129 Å². The number of carbonyl (C=O) groups is 3. The lowest BCUT2D eigenvalue weighted by molar-refractivity contribution is -0.151. The summed E-state index contributed by atoms with van der Waals surface area (Å²) in [5, 5.41) is 0. The molecule has 1 fully saturated rings. The van der Waals surface area contributed by atoms with Gasteiger partial charge in [0.25, 0.3) is 0 Å². The fourth-order valence-corrected chi connectivity index (χ4v) is 2.63. The van der Waals surface area contributed by atoms with E-state index < -0.39 is 24.1 Å². The molecule has 0 bridgehead atoms. The van der Waals surface area contributed by atoms with Gasteiger partial charge >= 0.3 is 11.9 Å². The number of methoxy groups -OCH3 is 1. The van der Waals surface area contributed by atoms with Gasteiger partial charge in [0.15, 0.2) is 0 Å². The number of hydrogen-bond acceptors (Lipinski definition) is 5. The molecule has 22 heavy (non-hydrogen) atoms. The van der Waals surface area contributed by atoms with E-state index in [1.807, 2.05) is 30.3 Å². The van der Waals surface area contributed by atoms with Crippen molar-refractivity contribution in [3.8, 4) is 0 Å². The Hall–Kier alpha value is -2.37. The molecule has 0 spiro atoms. The molecule has 0 N–H and O–H groups in total. The third kappa shape index (κ3) is 3.84. The summed E-state index contributed by atoms with van der Waals surface area (Å²) in [4.78, 5) is 36.6. The minimum absolute atomic E-state index is 0.00696. The van der Waals surface area contributed by atoms with Gasteiger partial charge in [-0.25, -0.2) is 0 Å². The second-order valence-corrected chi connectivity index (χ2v) is 5.21. The fourth-order valence-electron chi connectivity index (χ4n) is 2.63. The van der Waals surface area contributed by atoms with Gasteiger partial charge in [0.2, 0.25) is 5.91 Å². The summed E-state index contributed by atoms with van der Waals surface area (Å²) in [6.07, 6.45) is -0.519. The van der Waals surface area contributed by atoms with Crippen LogP contribution in [-0.2, 0) is 30.4 Å². The summed E-state index contributed by atoms with van der Waals surface area (Å²) >= 11 is 0. The van der Waals surface area contributed by atoms with Gasteiger partial charge in [-0.15, -0.1) is 0 Å². The highest BCUT2D eigenvalue weighted by atomic mass is 16.5. The molecule has 1 aliphatic heterocycles. The zero-order valence-electron chi connectivity index (χ0n) is 12.7. The van der Waals surface area contributed by atoms with Crippen LogP contribution in [0.1, 0.15) is 25.3 Å². The molecule has 6 heteroatoms. The van der Waals surface area contributed by atoms with Gasteiger partial charge in [-0.2, -0.15) is 0 Å². The molecule has 2 rings (SSSR count). The molecule has 1 aliphatic rings. The zero-order chi connectivity index (χ0) is 16.1. The van der Waals surface area contributed by atoms with Crippen LogP contribution in [-0.4, -0.2) is 42.0 Å². The third-order valence-electron chi connectivity index (χ3n) is 3.64. The second kappa shape index (κ2) is 7.06. The molecule has 1 aromatic carbocycles. The molecular weight excluding hydrogens is 286 g/mol. The summed E-state index contributed by atoms with van der Waals surface area (Å²) in [6.45, 7) is 1.67. The number of nitrogens with zero attached hydrogens (tertiary/aromatic N) is 1. The van der Waals surface area contributed by atoms with E-state index in [4.69, 9.17) is 4.74 Å². The molecule has 1 heterocycles. The molecule has 1 aromatic rings. The number of likely N-dealkylation sites (tertiary alicyclic amines) is 1. The number of amides is 1. The van der Waals surface area contributed by atoms with E-state index in [9.17, 15) is 14.4 Å². The van der Waals surface area contributed by atoms with Crippen LogP contribution in [0.2, 0.25) is 0 Å². The van der Waals surface area contributed by atoms with Gasteiger partial charge in [0.1, 0.15) is 6.10 Å². The molecule has 0 radical (unpaired) electrons. The van der Waals surface area contributed by atoms with E-state index in [2.05, 4.69) is 4.74 Å². The van der Waals surface area contributed by atoms with Gasteiger partial charge in [-0.05, 0) is 5.56 Å². The Kier molecular flexibility index (Phi) is 5.14. The van der Waals surface area contributed by atoms with E-state index in [0.29, 0.717) is 6.54 Å². The van der Waals surface area contributed by atoms with Gasteiger partial charge in [-0.3, -0.25) is 14.4 Å². The standard InChI is InChI=1S/C16H19NO5/c1-11(18)22-14-9-15(19)17(13(14)8-16(20)21-2)10-12-6-4-3-5-7-12/h3-7,13-14H,8-10H2,1-2H3/t13?,14-/m0/s1. The van der Waals surface area contributed by atoms with E-state index in [1.54, 1.807) is 4.90 Å². The molecule has 118 valence electrons. The van der Waals surface area contributed by atoms with E-state index >= 15 is 0 Å².